The fourth-order valence-electron chi connectivity index (χ4n) is 9.00. The van der Waals surface area contributed by atoms with E-state index >= 15 is 0 Å². The molecule has 11 rings (SSSR count). The summed E-state index contributed by atoms with van der Waals surface area (Å²) in [5.41, 5.74) is 5.12. The SMILES string of the molecule is S=P1(c2ccccc2)c2cc3c(cc2-c2c1c1ccccc1c1ccccc21)P(=S)(c1ccccc1)c1c-3c2ccccc2c2ccccc12. The van der Waals surface area contributed by atoms with Gasteiger partial charge in [-0.05, 0) is 88.1 Å². The maximum Gasteiger partial charge on any atom is 0.0398 e. The third kappa shape index (κ3) is 3.57. The normalized spacial score (nSPS) is 18.7. The molecule has 0 aromatic heterocycles. The van der Waals surface area contributed by atoms with E-state index in [1.54, 1.807) is 0 Å². The van der Waals surface area contributed by atoms with Gasteiger partial charge in [0.2, 0.25) is 0 Å². The molecule has 0 nitrogen and oxygen atoms in total. The van der Waals surface area contributed by atoms with Gasteiger partial charge in [-0.1, -0.05) is 181 Å². The highest BCUT2D eigenvalue weighted by Gasteiger charge is 2.45. The molecule has 2 heterocycles. The van der Waals surface area contributed by atoms with Crippen LogP contribution in [0.25, 0.3) is 65.3 Å². The molecule has 9 aromatic carbocycles. The lowest BCUT2D eigenvalue weighted by Gasteiger charge is -2.23. The molecule has 0 radical (unpaired) electrons. The Bertz CT molecular complexity index is 2830. The number of benzene rings is 9. The van der Waals surface area contributed by atoms with E-state index in [1.165, 1.54) is 97.2 Å². The molecule has 0 bridgehead atoms. The molecule has 0 amide bonds. The lowest BCUT2D eigenvalue weighted by Crippen LogP contribution is -2.23. The first-order valence-corrected chi connectivity index (χ1v) is 22.6. The van der Waals surface area contributed by atoms with Gasteiger partial charge in [0.25, 0.3) is 0 Å². The summed E-state index contributed by atoms with van der Waals surface area (Å²) in [6.45, 7) is 0. The standard InChI is InChI=1S/C46H28P2S2/c49-47(29-15-3-1-4-16-29)41-27-40-42(28-39(41)43-35-23-11-7-19-31(35)33-21-9-13-25-37(33)45(43)47)48(50,30-17-5-2-6-18-30)46-38-26-14-10-22-34(38)32-20-8-12-24-36(32)44(40)46/h1-28H. The largest absolute Gasteiger partial charge is 0.0825 e. The summed E-state index contributed by atoms with van der Waals surface area (Å²) in [6, 6.07) is 57.5. The second kappa shape index (κ2) is 10.4. The van der Waals surface area contributed by atoms with Crippen molar-refractivity contribution in [2.45, 2.75) is 0 Å². The van der Waals surface area contributed by atoms with Crippen molar-refractivity contribution in [1.29, 1.82) is 0 Å². The van der Waals surface area contributed by atoms with Crippen molar-refractivity contribution in [1.82, 2.24) is 0 Å². The molecule has 0 fully saturated rings. The molecule has 2 unspecified atom stereocenters. The van der Waals surface area contributed by atoms with Crippen molar-refractivity contribution in [2.24, 2.45) is 0 Å². The van der Waals surface area contributed by atoms with Crippen LogP contribution < -0.4 is 31.8 Å². The Morgan fingerprint density at radius 1 is 0.300 bits per heavy atom. The van der Waals surface area contributed by atoms with Crippen LogP contribution in [0.3, 0.4) is 0 Å². The van der Waals surface area contributed by atoms with Crippen molar-refractivity contribution in [3.63, 3.8) is 0 Å². The Morgan fingerprint density at radius 2 is 0.580 bits per heavy atom. The van der Waals surface area contributed by atoms with Gasteiger partial charge in [-0.15, -0.1) is 0 Å². The van der Waals surface area contributed by atoms with Crippen LogP contribution in [0, 0.1) is 0 Å². The summed E-state index contributed by atoms with van der Waals surface area (Å²) in [7, 11) is 0. The molecule has 0 spiro atoms. The van der Waals surface area contributed by atoms with Crippen molar-refractivity contribution in [2.75, 3.05) is 0 Å². The Morgan fingerprint density at radius 3 is 0.940 bits per heavy atom. The summed E-state index contributed by atoms with van der Waals surface area (Å²) >= 11 is 14.4. The monoisotopic (exact) mass is 706 g/mol. The van der Waals surface area contributed by atoms with E-state index in [1.807, 2.05) is 0 Å². The summed E-state index contributed by atoms with van der Waals surface area (Å²) in [4.78, 5) is 0. The van der Waals surface area contributed by atoms with E-state index in [-0.39, 0.29) is 0 Å². The molecule has 0 N–H and O–H groups in total. The third-order valence-corrected chi connectivity index (χ3v) is 20.9. The zero-order chi connectivity index (χ0) is 33.2. The van der Waals surface area contributed by atoms with Gasteiger partial charge in [-0.25, -0.2) is 0 Å². The van der Waals surface area contributed by atoms with E-state index in [4.69, 9.17) is 23.6 Å². The number of fused-ring (bicyclic) bond motifs is 16. The van der Waals surface area contributed by atoms with Gasteiger partial charge in [0.15, 0.2) is 0 Å². The first kappa shape index (κ1) is 29.1. The quantitative estimate of drug-likeness (QED) is 0.130. The third-order valence-electron chi connectivity index (χ3n) is 11.0. The van der Waals surface area contributed by atoms with Crippen LogP contribution in [0.1, 0.15) is 0 Å². The van der Waals surface area contributed by atoms with Crippen molar-refractivity contribution in [3.05, 3.63) is 170 Å². The lowest BCUT2D eigenvalue weighted by atomic mass is 9.90. The topological polar surface area (TPSA) is 0 Å². The Balaban J connectivity index is 1.38. The number of rotatable bonds is 2. The van der Waals surface area contributed by atoms with Gasteiger partial charge < -0.3 is 0 Å². The second-order valence-electron chi connectivity index (χ2n) is 13.4. The summed E-state index contributed by atoms with van der Waals surface area (Å²) in [6.07, 6.45) is 0. The molecule has 2 aliphatic heterocycles. The predicted molar refractivity (Wildman–Crippen MR) is 227 cm³/mol. The van der Waals surface area contributed by atoms with Gasteiger partial charge in [0.1, 0.15) is 0 Å². The van der Waals surface area contributed by atoms with Crippen molar-refractivity contribution in [3.8, 4) is 22.3 Å². The fourth-order valence-corrected chi connectivity index (χ4v) is 18.3. The van der Waals surface area contributed by atoms with Gasteiger partial charge in [-0.2, -0.15) is 0 Å². The first-order valence-electron chi connectivity index (χ1n) is 17.0. The smallest absolute Gasteiger partial charge is 0.0398 e. The van der Waals surface area contributed by atoms with Crippen LogP contribution in [0.2, 0.25) is 0 Å². The zero-order valence-electron chi connectivity index (χ0n) is 26.9. The average molecular weight is 707 g/mol. The molecule has 0 saturated heterocycles. The van der Waals surface area contributed by atoms with E-state index in [0.717, 1.165) is 0 Å². The van der Waals surface area contributed by atoms with Crippen LogP contribution in [-0.2, 0) is 23.6 Å². The molecule has 9 aromatic rings. The fraction of sp³-hybridized carbons (Fsp3) is 0. The first-order chi connectivity index (χ1) is 24.6. The average Bonchev–Trinajstić information content (AvgIpc) is 3.61. The Labute approximate surface area is 301 Å². The maximum absolute atomic E-state index is 7.22. The molecule has 4 heteroatoms. The van der Waals surface area contributed by atoms with Crippen molar-refractivity contribution < 1.29 is 0 Å². The minimum atomic E-state index is -2.51. The van der Waals surface area contributed by atoms with Crippen molar-refractivity contribution >= 4 is 111 Å². The lowest BCUT2D eigenvalue weighted by molar-refractivity contribution is 1.75. The van der Waals surface area contributed by atoms with Crippen LogP contribution >= 0.6 is 12.1 Å². The van der Waals surface area contributed by atoms with Gasteiger partial charge >= 0.3 is 0 Å². The van der Waals surface area contributed by atoms with Gasteiger partial charge in [0, 0.05) is 33.3 Å². The second-order valence-corrected chi connectivity index (χ2v) is 22.0. The molecule has 50 heavy (non-hydrogen) atoms. The highest BCUT2D eigenvalue weighted by atomic mass is 32.4. The van der Waals surface area contributed by atoms with Crippen LogP contribution in [0.5, 0.6) is 0 Å². The Hall–Kier alpha value is -4.68. The van der Waals surface area contributed by atoms with E-state index < -0.39 is 12.1 Å². The highest BCUT2D eigenvalue weighted by molar-refractivity contribution is 8.27. The molecule has 2 aliphatic rings. The van der Waals surface area contributed by atoms with E-state index in [9.17, 15) is 0 Å². The van der Waals surface area contributed by atoms with E-state index in [0.29, 0.717) is 0 Å². The zero-order valence-corrected chi connectivity index (χ0v) is 30.3. The molecular weight excluding hydrogens is 679 g/mol. The minimum absolute atomic E-state index is 1.24. The summed E-state index contributed by atoms with van der Waals surface area (Å²) in [5, 5.41) is 17.8. The molecule has 0 aliphatic carbocycles. The highest BCUT2D eigenvalue weighted by Crippen LogP contribution is 2.61. The van der Waals surface area contributed by atoms with Crippen LogP contribution in [-0.4, -0.2) is 0 Å². The summed E-state index contributed by atoms with van der Waals surface area (Å²) in [5.74, 6) is 0. The number of hydrogen-bond donors (Lipinski definition) is 0. The maximum atomic E-state index is 7.22. The predicted octanol–water partition coefficient (Wildman–Crippen LogP) is 9.77. The van der Waals surface area contributed by atoms with Crippen LogP contribution in [0.4, 0.5) is 0 Å². The minimum Gasteiger partial charge on any atom is -0.0825 e. The summed E-state index contributed by atoms with van der Waals surface area (Å²) < 4.78 is 0. The van der Waals surface area contributed by atoms with Gasteiger partial charge in [0.05, 0.1) is 0 Å². The Kier molecular flexibility index (Phi) is 6.07. The van der Waals surface area contributed by atoms with Crippen LogP contribution in [0.15, 0.2) is 170 Å². The van der Waals surface area contributed by atoms with E-state index in [2.05, 4.69) is 170 Å². The molecular formula is C46H28P2S2. The molecule has 234 valence electrons. The molecule has 2 atom stereocenters. The van der Waals surface area contributed by atoms with Gasteiger partial charge in [-0.3, -0.25) is 0 Å². The molecule has 0 saturated carbocycles. The number of hydrogen-bond acceptors (Lipinski definition) is 2.